The Morgan fingerprint density at radius 2 is 1.67 bits per heavy atom. The summed E-state index contributed by atoms with van der Waals surface area (Å²) < 4.78 is 16.6. The van der Waals surface area contributed by atoms with Crippen LogP contribution in [0.3, 0.4) is 0 Å². The van der Waals surface area contributed by atoms with Gasteiger partial charge in [0.25, 0.3) is 0 Å². The average Bonchev–Trinajstić information content (AvgIpc) is 3.51. The molecule has 4 aliphatic heterocycles. The molecule has 3 fully saturated rings. The lowest BCUT2D eigenvalue weighted by Gasteiger charge is -2.37. The van der Waals surface area contributed by atoms with Gasteiger partial charge in [-0.3, -0.25) is 0 Å². The Hall–Kier alpha value is -4.29. The lowest BCUT2D eigenvalue weighted by Crippen LogP contribution is -2.48. The van der Waals surface area contributed by atoms with E-state index in [1.807, 2.05) is 24.3 Å². The smallest absolute Gasteiger partial charge is 0.338 e. The minimum Gasteiger partial charge on any atom is -0.457 e. The van der Waals surface area contributed by atoms with Gasteiger partial charge >= 0.3 is 12.0 Å². The minimum absolute atomic E-state index is 0.201. The molecule has 0 radical (unpaired) electrons. The minimum atomic E-state index is -0.390. The SMILES string of the molecule is CC[C@H]1COCCN1c1nc(-c2ccc(NC(=O)Nc3ccc4c(c3)COC4=O)cc2)nc(N2C3CCC2COC3)n1. The Bertz CT molecular complexity index is 1480. The third-order valence-electron chi connectivity index (χ3n) is 8.38. The van der Waals surface area contributed by atoms with Gasteiger partial charge in [-0.05, 0) is 61.7 Å². The fourth-order valence-corrected chi connectivity index (χ4v) is 6.15. The first kappa shape index (κ1) is 26.6. The first-order valence-electron chi connectivity index (χ1n) is 14.5. The molecule has 2 unspecified atom stereocenters. The van der Waals surface area contributed by atoms with Gasteiger partial charge in [0.2, 0.25) is 11.9 Å². The number of aromatic nitrogens is 3. The normalized spacial score (nSPS) is 23.0. The van der Waals surface area contributed by atoms with Gasteiger partial charge < -0.3 is 34.6 Å². The van der Waals surface area contributed by atoms with Crippen LogP contribution in [0.2, 0.25) is 0 Å². The van der Waals surface area contributed by atoms with Gasteiger partial charge in [-0.25, -0.2) is 9.59 Å². The van der Waals surface area contributed by atoms with Crippen molar-refractivity contribution < 1.29 is 23.8 Å². The van der Waals surface area contributed by atoms with E-state index >= 15 is 0 Å². The average molecular weight is 572 g/mol. The van der Waals surface area contributed by atoms with Crippen LogP contribution in [-0.4, -0.2) is 78.1 Å². The van der Waals surface area contributed by atoms with E-state index in [-0.39, 0.29) is 30.7 Å². The Kier molecular flexibility index (Phi) is 7.08. The number of hydrogen-bond donors (Lipinski definition) is 2. The number of nitrogens with one attached hydrogen (secondary N) is 2. The maximum absolute atomic E-state index is 12.7. The molecular weight excluding hydrogens is 538 g/mol. The molecule has 4 aliphatic rings. The van der Waals surface area contributed by atoms with Crippen molar-refractivity contribution in [2.45, 2.75) is 50.9 Å². The second-order valence-electron chi connectivity index (χ2n) is 11.0. The summed E-state index contributed by atoms with van der Waals surface area (Å²) in [7, 11) is 0. The van der Waals surface area contributed by atoms with Crippen LogP contribution in [0.1, 0.15) is 42.1 Å². The van der Waals surface area contributed by atoms with Crippen molar-refractivity contribution in [3.05, 3.63) is 53.6 Å². The van der Waals surface area contributed by atoms with Crippen LogP contribution in [0, 0.1) is 0 Å². The van der Waals surface area contributed by atoms with E-state index in [4.69, 9.17) is 29.2 Å². The van der Waals surface area contributed by atoms with Gasteiger partial charge in [-0.15, -0.1) is 0 Å². The maximum atomic E-state index is 12.7. The van der Waals surface area contributed by atoms with Crippen LogP contribution in [0.4, 0.5) is 28.1 Å². The molecule has 5 heterocycles. The number of esters is 1. The molecule has 1 aromatic heterocycles. The largest absolute Gasteiger partial charge is 0.457 e. The summed E-state index contributed by atoms with van der Waals surface area (Å²) in [6.45, 7) is 5.74. The molecule has 3 aromatic rings. The van der Waals surface area contributed by atoms with Crippen molar-refractivity contribution in [3.63, 3.8) is 0 Å². The van der Waals surface area contributed by atoms with Gasteiger partial charge in [-0.1, -0.05) is 6.92 Å². The Morgan fingerprint density at radius 3 is 2.45 bits per heavy atom. The summed E-state index contributed by atoms with van der Waals surface area (Å²) >= 11 is 0. The summed E-state index contributed by atoms with van der Waals surface area (Å²) in [5.41, 5.74) is 3.32. The highest BCUT2D eigenvalue weighted by Crippen LogP contribution is 2.34. The molecule has 7 rings (SSSR count). The number of fused-ring (bicyclic) bond motifs is 3. The second-order valence-corrected chi connectivity index (χ2v) is 11.0. The van der Waals surface area contributed by atoms with Crippen molar-refractivity contribution in [3.8, 4) is 11.4 Å². The van der Waals surface area contributed by atoms with Gasteiger partial charge in [0.1, 0.15) is 6.61 Å². The number of amides is 2. The monoisotopic (exact) mass is 571 g/mol. The van der Waals surface area contributed by atoms with Gasteiger partial charge in [0.05, 0.1) is 50.1 Å². The number of rotatable bonds is 6. The van der Waals surface area contributed by atoms with Crippen LogP contribution < -0.4 is 20.4 Å². The summed E-state index contributed by atoms with van der Waals surface area (Å²) in [5, 5.41) is 5.67. The van der Waals surface area contributed by atoms with Crippen LogP contribution in [0.5, 0.6) is 0 Å². The quantitative estimate of drug-likeness (QED) is 0.421. The van der Waals surface area contributed by atoms with Crippen LogP contribution in [0.25, 0.3) is 11.4 Å². The molecule has 12 nitrogen and oxygen atoms in total. The summed E-state index contributed by atoms with van der Waals surface area (Å²) in [6.07, 6.45) is 3.06. The van der Waals surface area contributed by atoms with Crippen molar-refractivity contribution in [1.82, 2.24) is 15.0 Å². The molecule has 2 N–H and O–H groups in total. The summed E-state index contributed by atoms with van der Waals surface area (Å²) in [4.78, 5) is 43.8. The van der Waals surface area contributed by atoms with Crippen LogP contribution in [0.15, 0.2) is 42.5 Å². The molecule has 0 saturated carbocycles. The molecular formula is C30H33N7O5. The van der Waals surface area contributed by atoms with Crippen LogP contribution >= 0.6 is 0 Å². The number of hydrogen-bond acceptors (Lipinski definition) is 10. The van der Waals surface area contributed by atoms with Gasteiger partial charge in [-0.2, -0.15) is 15.0 Å². The number of ether oxygens (including phenoxy) is 3. The highest BCUT2D eigenvalue weighted by atomic mass is 16.5. The molecule has 2 bridgehead atoms. The summed E-state index contributed by atoms with van der Waals surface area (Å²) in [6, 6.07) is 12.9. The predicted molar refractivity (Wildman–Crippen MR) is 156 cm³/mol. The maximum Gasteiger partial charge on any atom is 0.338 e. The van der Waals surface area contributed by atoms with Gasteiger partial charge in [0.15, 0.2) is 5.82 Å². The van der Waals surface area contributed by atoms with Gasteiger partial charge in [0, 0.05) is 29.0 Å². The Balaban J connectivity index is 1.12. The first-order chi connectivity index (χ1) is 20.6. The Labute approximate surface area is 243 Å². The lowest BCUT2D eigenvalue weighted by atomic mass is 10.1. The van der Waals surface area contributed by atoms with E-state index < -0.39 is 6.03 Å². The zero-order chi connectivity index (χ0) is 28.6. The first-order valence-corrected chi connectivity index (χ1v) is 14.5. The van der Waals surface area contributed by atoms with Crippen molar-refractivity contribution in [2.24, 2.45) is 0 Å². The number of urea groups is 1. The van der Waals surface area contributed by atoms with E-state index in [1.54, 1.807) is 18.2 Å². The molecule has 0 aliphatic carbocycles. The van der Waals surface area contributed by atoms with E-state index in [9.17, 15) is 9.59 Å². The van der Waals surface area contributed by atoms with E-state index in [1.165, 1.54) is 0 Å². The standard InChI is InChI=1S/C30H33N7O5/c1-2-22-15-40-12-11-36(22)28-33-26(34-29(35-28)37-23-8-9-24(37)17-41-16-23)18-3-5-20(6-4-18)31-30(39)32-21-7-10-25-19(13-21)14-42-27(25)38/h3-7,10,13,22-24H,2,8-9,11-12,14-17H2,1H3,(H2,31,32,39)/t22-,23?,24?/m0/s1. The van der Waals surface area contributed by atoms with E-state index in [0.29, 0.717) is 61.1 Å². The number of anilines is 4. The highest BCUT2D eigenvalue weighted by Gasteiger charge is 2.40. The Morgan fingerprint density at radius 1 is 0.929 bits per heavy atom. The third-order valence-corrected chi connectivity index (χ3v) is 8.38. The number of nitrogens with zero attached hydrogens (tertiary/aromatic N) is 5. The molecule has 3 atom stereocenters. The third kappa shape index (κ3) is 5.12. The molecule has 42 heavy (non-hydrogen) atoms. The topological polar surface area (TPSA) is 131 Å². The van der Waals surface area contributed by atoms with Crippen molar-refractivity contribution in [1.29, 1.82) is 0 Å². The molecule has 2 amide bonds. The number of carbonyl (C=O) groups excluding carboxylic acids is 2. The fraction of sp³-hybridized carbons (Fsp3) is 0.433. The van der Waals surface area contributed by atoms with E-state index in [2.05, 4.69) is 27.4 Å². The van der Waals surface area contributed by atoms with Crippen molar-refractivity contribution in [2.75, 3.05) is 53.4 Å². The zero-order valence-corrected chi connectivity index (χ0v) is 23.4. The molecule has 0 spiro atoms. The lowest BCUT2D eigenvalue weighted by molar-refractivity contribution is 0.0535. The van der Waals surface area contributed by atoms with Crippen molar-refractivity contribution >= 4 is 35.3 Å². The predicted octanol–water partition coefficient (Wildman–Crippen LogP) is 3.84. The number of benzene rings is 2. The van der Waals surface area contributed by atoms with E-state index in [0.717, 1.165) is 36.9 Å². The molecule has 3 saturated heterocycles. The molecule has 218 valence electrons. The van der Waals surface area contributed by atoms with Crippen LogP contribution in [-0.2, 0) is 20.8 Å². The zero-order valence-electron chi connectivity index (χ0n) is 23.4. The summed E-state index contributed by atoms with van der Waals surface area (Å²) in [5.74, 6) is 1.60. The molecule has 12 heteroatoms. The number of cyclic esters (lactones) is 1. The second kappa shape index (κ2) is 11.2. The molecule has 2 aromatic carbocycles. The highest BCUT2D eigenvalue weighted by molar-refractivity contribution is 6.01. The fourth-order valence-electron chi connectivity index (χ4n) is 6.15. The number of morpholine rings is 2. The number of carbonyl (C=O) groups is 2.